The van der Waals surface area contributed by atoms with Crippen LogP contribution >= 0.6 is 0 Å². The summed E-state index contributed by atoms with van der Waals surface area (Å²) in [5.41, 5.74) is 5.00. The number of hydrogen-bond acceptors (Lipinski definition) is 2. The third-order valence-corrected chi connectivity index (χ3v) is 6.16. The number of rotatable bonds is 3. The number of nitrogens with zero attached hydrogens (tertiary/aromatic N) is 4. The highest BCUT2D eigenvalue weighted by Crippen LogP contribution is 2.32. The van der Waals surface area contributed by atoms with Gasteiger partial charge >= 0.3 is 0 Å². The Balaban J connectivity index is 1.40. The van der Waals surface area contributed by atoms with E-state index in [2.05, 4.69) is 35.8 Å². The Morgan fingerprint density at radius 3 is 2.41 bits per heavy atom. The van der Waals surface area contributed by atoms with E-state index in [1.807, 2.05) is 76.6 Å². The van der Waals surface area contributed by atoms with Gasteiger partial charge in [-0.25, -0.2) is 4.68 Å². The van der Waals surface area contributed by atoms with Gasteiger partial charge in [0, 0.05) is 23.5 Å². The Kier molecular flexibility index (Phi) is 4.21. The molecule has 0 atom stereocenters. The molecule has 6 rings (SSSR count). The SMILES string of the molecule is Cc1ccc(-n2nc3c(c2-n2cccc2)CN(C(=O)c2cccc4ccccc24)C3)cc1. The molecule has 5 aromatic rings. The molecule has 0 aliphatic carbocycles. The predicted octanol–water partition coefficient (Wildman–Crippen LogP) is 5.28. The van der Waals surface area contributed by atoms with Crippen LogP contribution in [-0.2, 0) is 13.1 Å². The normalized spacial score (nSPS) is 13.0. The predicted molar refractivity (Wildman–Crippen MR) is 125 cm³/mol. The molecule has 0 fully saturated rings. The molecule has 0 unspecified atom stereocenters. The van der Waals surface area contributed by atoms with Gasteiger partial charge in [-0.3, -0.25) is 4.79 Å². The van der Waals surface area contributed by atoms with Crippen molar-refractivity contribution in [1.29, 1.82) is 0 Å². The van der Waals surface area contributed by atoms with Crippen molar-refractivity contribution in [2.45, 2.75) is 20.0 Å². The van der Waals surface area contributed by atoms with Gasteiger partial charge in [0.2, 0.25) is 0 Å². The average molecular weight is 419 g/mol. The highest BCUT2D eigenvalue weighted by atomic mass is 16.2. The van der Waals surface area contributed by atoms with E-state index in [4.69, 9.17) is 5.10 Å². The van der Waals surface area contributed by atoms with Gasteiger partial charge in [0.15, 0.2) is 0 Å². The van der Waals surface area contributed by atoms with Gasteiger partial charge in [-0.15, -0.1) is 0 Å². The fourth-order valence-electron chi connectivity index (χ4n) is 4.53. The average Bonchev–Trinajstić information content (AvgIpc) is 3.55. The first-order chi connectivity index (χ1) is 15.7. The van der Waals surface area contributed by atoms with E-state index in [0.29, 0.717) is 13.1 Å². The summed E-state index contributed by atoms with van der Waals surface area (Å²) in [6.07, 6.45) is 4.05. The molecule has 0 saturated heterocycles. The summed E-state index contributed by atoms with van der Waals surface area (Å²) in [4.78, 5) is 15.4. The molecule has 1 amide bonds. The minimum Gasteiger partial charge on any atom is -0.328 e. The smallest absolute Gasteiger partial charge is 0.255 e. The number of aryl methyl sites for hydroxylation is 1. The molecule has 3 aromatic carbocycles. The molecule has 5 nitrogen and oxygen atoms in total. The number of amides is 1. The lowest BCUT2D eigenvalue weighted by atomic mass is 10.0. The van der Waals surface area contributed by atoms with Crippen molar-refractivity contribution < 1.29 is 4.79 Å². The van der Waals surface area contributed by atoms with Crippen LogP contribution in [0.2, 0.25) is 0 Å². The standard InChI is InChI=1S/C27H22N4O/c1-19-11-13-21(14-12-19)31-26(29-15-4-5-16-29)24-17-30(18-25(24)28-31)27(32)23-10-6-8-20-7-2-3-9-22(20)23/h2-16H,17-18H2,1H3. The van der Waals surface area contributed by atoms with Crippen molar-refractivity contribution in [2.24, 2.45) is 0 Å². The van der Waals surface area contributed by atoms with Crippen molar-refractivity contribution >= 4 is 16.7 Å². The third kappa shape index (κ3) is 2.94. The summed E-state index contributed by atoms with van der Waals surface area (Å²) in [6.45, 7) is 3.12. The van der Waals surface area contributed by atoms with Crippen LogP contribution in [-0.4, -0.2) is 25.2 Å². The molecule has 3 heterocycles. The maximum absolute atomic E-state index is 13.5. The van der Waals surface area contributed by atoms with E-state index in [1.165, 1.54) is 5.56 Å². The summed E-state index contributed by atoms with van der Waals surface area (Å²) < 4.78 is 4.07. The van der Waals surface area contributed by atoms with Gasteiger partial charge < -0.3 is 9.47 Å². The number of benzene rings is 3. The summed E-state index contributed by atoms with van der Waals surface area (Å²) in [7, 11) is 0. The summed E-state index contributed by atoms with van der Waals surface area (Å²) in [6, 6.07) is 26.3. The second kappa shape index (κ2) is 7.24. The Hall–Kier alpha value is -4.12. The van der Waals surface area contributed by atoms with Crippen molar-refractivity contribution in [1.82, 2.24) is 19.2 Å². The first-order valence-corrected chi connectivity index (χ1v) is 10.8. The fraction of sp³-hybridized carbons (Fsp3) is 0.111. The lowest BCUT2D eigenvalue weighted by molar-refractivity contribution is 0.0751. The second-order valence-electron chi connectivity index (χ2n) is 8.27. The van der Waals surface area contributed by atoms with Gasteiger partial charge in [-0.1, -0.05) is 54.1 Å². The van der Waals surface area contributed by atoms with Gasteiger partial charge in [0.1, 0.15) is 5.82 Å². The third-order valence-electron chi connectivity index (χ3n) is 6.16. The van der Waals surface area contributed by atoms with E-state index >= 15 is 0 Å². The minimum absolute atomic E-state index is 0.0418. The quantitative estimate of drug-likeness (QED) is 0.400. The summed E-state index contributed by atoms with van der Waals surface area (Å²) in [5, 5.41) is 7.00. The van der Waals surface area contributed by atoms with Crippen molar-refractivity contribution in [3.63, 3.8) is 0 Å². The van der Waals surface area contributed by atoms with Crippen LogP contribution in [0, 0.1) is 6.92 Å². The molecular formula is C27H22N4O. The van der Waals surface area contributed by atoms with Crippen LogP contribution in [0.1, 0.15) is 27.2 Å². The zero-order valence-electron chi connectivity index (χ0n) is 17.8. The molecule has 2 aromatic heterocycles. The number of carbonyl (C=O) groups excluding carboxylic acids is 1. The first kappa shape index (κ1) is 18.6. The maximum Gasteiger partial charge on any atom is 0.255 e. The molecule has 0 bridgehead atoms. The molecule has 0 N–H and O–H groups in total. The Morgan fingerprint density at radius 2 is 1.59 bits per heavy atom. The van der Waals surface area contributed by atoms with Crippen molar-refractivity contribution in [3.8, 4) is 11.5 Å². The number of fused-ring (bicyclic) bond motifs is 2. The van der Waals surface area contributed by atoms with Gasteiger partial charge in [0.05, 0.1) is 24.5 Å². The first-order valence-electron chi connectivity index (χ1n) is 10.8. The molecule has 5 heteroatoms. The maximum atomic E-state index is 13.5. The summed E-state index contributed by atoms with van der Waals surface area (Å²) in [5.74, 6) is 1.03. The zero-order chi connectivity index (χ0) is 21.7. The molecule has 156 valence electrons. The number of hydrogen-bond donors (Lipinski definition) is 0. The topological polar surface area (TPSA) is 43.1 Å². The van der Waals surface area contributed by atoms with Gasteiger partial charge in [0.25, 0.3) is 5.91 Å². The molecule has 0 saturated carbocycles. The second-order valence-corrected chi connectivity index (χ2v) is 8.27. The van der Waals surface area contributed by atoms with E-state index in [0.717, 1.165) is 39.1 Å². The van der Waals surface area contributed by atoms with Gasteiger partial charge in [-0.05, 0) is 48.0 Å². The highest BCUT2D eigenvalue weighted by molar-refractivity contribution is 6.07. The van der Waals surface area contributed by atoms with Crippen molar-refractivity contribution in [2.75, 3.05) is 0 Å². The summed E-state index contributed by atoms with van der Waals surface area (Å²) >= 11 is 0. The van der Waals surface area contributed by atoms with Crippen LogP contribution in [0.25, 0.3) is 22.3 Å². The lowest BCUT2D eigenvalue weighted by Crippen LogP contribution is -2.26. The van der Waals surface area contributed by atoms with Crippen LogP contribution in [0.15, 0.2) is 91.3 Å². The van der Waals surface area contributed by atoms with E-state index in [1.54, 1.807) is 0 Å². The molecule has 0 radical (unpaired) electrons. The molecule has 0 spiro atoms. The highest BCUT2D eigenvalue weighted by Gasteiger charge is 2.32. The van der Waals surface area contributed by atoms with E-state index < -0.39 is 0 Å². The van der Waals surface area contributed by atoms with E-state index in [9.17, 15) is 4.79 Å². The molecular weight excluding hydrogens is 396 g/mol. The molecule has 1 aliphatic rings. The fourth-order valence-corrected chi connectivity index (χ4v) is 4.53. The van der Waals surface area contributed by atoms with Gasteiger partial charge in [-0.2, -0.15) is 5.10 Å². The number of aromatic nitrogens is 3. The Morgan fingerprint density at radius 1 is 0.844 bits per heavy atom. The van der Waals surface area contributed by atoms with Crippen LogP contribution in [0.3, 0.4) is 0 Å². The number of carbonyl (C=O) groups is 1. The van der Waals surface area contributed by atoms with Crippen LogP contribution < -0.4 is 0 Å². The molecule has 1 aliphatic heterocycles. The largest absolute Gasteiger partial charge is 0.328 e. The minimum atomic E-state index is 0.0418. The molecule has 32 heavy (non-hydrogen) atoms. The van der Waals surface area contributed by atoms with Crippen LogP contribution in [0.4, 0.5) is 0 Å². The Bertz CT molecular complexity index is 1440. The Labute approximate surface area is 186 Å². The van der Waals surface area contributed by atoms with Crippen LogP contribution in [0.5, 0.6) is 0 Å². The van der Waals surface area contributed by atoms with E-state index in [-0.39, 0.29) is 5.91 Å². The van der Waals surface area contributed by atoms with Crippen molar-refractivity contribution in [3.05, 3.63) is 114 Å². The monoisotopic (exact) mass is 418 g/mol. The lowest BCUT2D eigenvalue weighted by Gasteiger charge is -2.18. The zero-order valence-corrected chi connectivity index (χ0v) is 17.8.